The van der Waals surface area contributed by atoms with E-state index in [0.29, 0.717) is 25.7 Å². The molecule has 0 spiro atoms. The second kappa shape index (κ2) is 13.1. The highest BCUT2D eigenvalue weighted by atomic mass is 16.6. The van der Waals surface area contributed by atoms with Crippen LogP contribution in [0.1, 0.15) is 93.9 Å². The molecule has 0 saturated heterocycles. The largest absolute Gasteiger partial charge is 0.467 e. The molecule has 202 valence electrons. The Hall–Kier alpha value is -2.32. The first-order valence-corrected chi connectivity index (χ1v) is 12.8. The summed E-state index contributed by atoms with van der Waals surface area (Å²) in [5, 5.41) is 8.40. The molecule has 9 heteroatoms. The number of hydrogen-bond acceptors (Lipinski definition) is 6. The van der Waals surface area contributed by atoms with Gasteiger partial charge in [-0.25, -0.2) is 9.59 Å². The van der Waals surface area contributed by atoms with Gasteiger partial charge in [-0.2, -0.15) is 0 Å². The van der Waals surface area contributed by atoms with Gasteiger partial charge in [0, 0.05) is 0 Å². The molecular weight excluding hydrogens is 450 g/mol. The van der Waals surface area contributed by atoms with Gasteiger partial charge in [0.05, 0.1) is 7.11 Å². The Labute approximate surface area is 210 Å². The van der Waals surface area contributed by atoms with Gasteiger partial charge in [-0.05, 0) is 64.2 Å². The predicted octanol–water partition coefficient (Wildman–Crippen LogP) is 3.69. The fourth-order valence-corrected chi connectivity index (χ4v) is 4.55. The van der Waals surface area contributed by atoms with Gasteiger partial charge in [0.15, 0.2) is 0 Å². The quantitative estimate of drug-likeness (QED) is 0.396. The first kappa shape index (κ1) is 30.7. The maximum atomic E-state index is 13.4. The van der Waals surface area contributed by atoms with Crippen LogP contribution in [0.5, 0.6) is 0 Å². The number of rotatable bonds is 10. The first-order valence-electron chi connectivity index (χ1n) is 12.8. The summed E-state index contributed by atoms with van der Waals surface area (Å²) in [5.74, 6) is -0.871. The number of methoxy groups -OCH3 is 1. The van der Waals surface area contributed by atoms with Crippen LogP contribution in [0.2, 0.25) is 0 Å². The third kappa shape index (κ3) is 10.4. The number of esters is 1. The van der Waals surface area contributed by atoms with Crippen LogP contribution in [0.25, 0.3) is 0 Å². The van der Waals surface area contributed by atoms with E-state index >= 15 is 0 Å². The Morgan fingerprint density at radius 3 is 1.94 bits per heavy atom. The molecule has 0 heterocycles. The van der Waals surface area contributed by atoms with Crippen molar-refractivity contribution in [3.63, 3.8) is 0 Å². The minimum atomic E-state index is -1.10. The second-order valence-corrected chi connectivity index (χ2v) is 11.8. The number of carbonyl (C=O) groups is 4. The molecule has 3 N–H and O–H groups in total. The topological polar surface area (TPSA) is 123 Å². The number of nitrogens with one attached hydrogen (secondary N) is 3. The van der Waals surface area contributed by atoms with Gasteiger partial charge in [-0.15, -0.1) is 0 Å². The van der Waals surface area contributed by atoms with E-state index < -0.39 is 47.1 Å². The summed E-state index contributed by atoms with van der Waals surface area (Å²) in [4.78, 5) is 51.7. The summed E-state index contributed by atoms with van der Waals surface area (Å²) in [6, 6.07) is -1.73. The molecule has 0 radical (unpaired) electrons. The lowest BCUT2D eigenvalue weighted by atomic mass is 9.76. The van der Waals surface area contributed by atoms with Crippen LogP contribution in [0, 0.1) is 17.8 Å². The van der Waals surface area contributed by atoms with E-state index in [2.05, 4.69) is 22.9 Å². The Kier molecular flexibility index (Phi) is 11.5. The molecule has 1 rings (SSSR count). The zero-order valence-corrected chi connectivity index (χ0v) is 23.1. The van der Waals surface area contributed by atoms with E-state index in [9.17, 15) is 19.2 Å². The number of carbonyl (C=O) groups excluding carboxylic acids is 4. The minimum absolute atomic E-state index is 0.104. The molecule has 4 atom stereocenters. The van der Waals surface area contributed by atoms with Crippen molar-refractivity contribution in [1.29, 1.82) is 0 Å². The highest BCUT2D eigenvalue weighted by molar-refractivity contribution is 5.94. The van der Waals surface area contributed by atoms with Gasteiger partial charge in [0.2, 0.25) is 11.8 Å². The molecule has 1 aliphatic carbocycles. The Morgan fingerprint density at radius 1 is 0.943 bits per heavy atom. The minimum Gasteiger partial charge on any atom is -0.467 e. The zero-order valence-electron chi connectivity index (χ0n) is 23.1. The molecule has 0 aliphatic heterocycles. The van der Waals surface area contributed by atoms with Crippen molar-refractivity contribution in [2.75, 3.05) is 7.11 Å². The van der Waals surface area contributed by atoms with Crippen molar-refractivity contribution in [2.24, 2.45) is 17.8 Å². The summed E-state index contributed by atoms with van der Waals surface area (Å²) in [6.45, 7) is 15.1. The molecule has 1 aliphatic rings. The second-order valence-electron chi connectivity index (χ2n) is 11.8. The molecule has 0 aromatic carbocycles. The van der Waals surface area contributed by atoms with Gasteiger partial charge >= 0.3 is 12.1 Å². The Morgan fingerprint density at radius 2 is 1.49 bits per heavy atom. The molecule has 35 heavy (non-hydrogen) atoms. The lowest BCUT2D eigenvalue weighted by Gasteiger charge is -2.39. The molecule has 3 amide bonds. The summed E-state index contributed by atoms with van der Waals surface area (Å²) in [7, 11) is 1.32. The van der Waals surface area contributed by atoms with Crippen LogP contribution in [0.3, 0.4) is 0 Å². The van der Waals surface area contributed by atoms with Crippen molar-refractivity contribution in [1.82, 2.24) is 16.0 Å². The van der Waals surface area contributed by atoms with E-state index in [1.807, 2.05) is 27.7 Å². The predicted molar refractivity (Wildman–Crippen MR) is 135 cm³/mol. The van der Waals surface area contributed by atoms with E-state index in [0.717, 1.165) is 12.8 Å². The highest BCUT2D eigenvalue weighted by Crippen LogP contribution is 2.33. The van der Waals surface area contributed by atoms with Crippen molar-refractivity contribution in [2.45, 2.75) is 117 Å². The molecule has 0 unspecified atom stereocenters. The van der Waals surface area contributed by atoms with Gasteiger partial charge < -0.3 is 25.4 Å². The van der Waals surface area contributed by atoms with Crippen molar-refractivity contribution >= 4 is 23.9 Å². The first-order chi connectivity index (χ1) is 16.1. The third-order valence-corrected chi connectivity index (χ3v) is 5.99. The summed E-state index contributed by atoms with van der Waals surface area (Å²) < 4.78 is 10.4. The van der Waals surface area contributed by atoms with Gasteiger partial charge in [-0.1, -0.05) is 47.5 Å². The lowest BCUT2D eigenvalue weighted by molar-refractivity contribution is -0.153. The van der Waals surface area contributed by atoms with Crippen molar-refractivity contribution in [3.8, 4) is 0 Å². The SMILES string of the molecule is COC(=O)[C@]1(NC(=O)[C@H](CC(C)C)NC(=O)[C@H](CC(C)C)NC(=O)OC(C)(C)C)CCC[C@@H](C)C1. The fraction of sp³-hybridized carbons (Fsp3) is 0.846. The van der Waals surface area contributed by atoms with E-state index in [4.69, 9.17) is 9.47 Å². The normalized spacial score (nSPS) is 22.2. The standard InChI is InChI=1S/C26H47N3O6/c1-16(2)13-19(28-24(33)35-25(6,7)8)21(30)27-20(14-17(3)4)22(31)29-26(23(32)34-9)12-10-11-18(5)15-26/h16-20H,10-15H2,1-9H3,(H,27,30)(H,28,33)(H,29,31)/t18-,19+,20+,26+/m1/s1. The monoisotopic (exact) mass is 497 g/mol. The maximum absolute atomic E-state index is 13.4. The van der Waals surface area contributed by atoms with Crippen LogP contribution >= 0.6 is 0 Å². The molecule has 0 aromatic heterocycles. The third-order valence-electron chi connectivity index (χ3n) is 5.99. The molecule has 0 bridgehead atoms. The average Bonchev–Trinajstić information content (AvgIpc) is 2.69. The smallest absolute Gasteiger partial charge is 0.408 e. The number of alkyl carbamates (subject to hydrolysis) is 1. The van der Waals surface area contributed by atoms with Gasteiger partial charge in [0.25, 0.3) is 0 Å². The number of hydrogen-bond donors (Lipinski definition) is 3. The van der Waals surface area contributed by atoms with E-state index in [1.54, 1.807) is 20.8 Å². The van der Waals surface area contributed by atoms with Crippen LogP contribution in [0.4, 0.5) is 4.79 Å². The van der Waals surface area contributed by atoms with E-state index in [-0.39, 0.29) is 17.8 Å². The number of ether oxygens (including phenoxy) is 2. The van der Waals surface area contributed by atoms with Crippen molar-refractivity contribution < 1.29 is 28.7 Å². The molecule has 0 aromatic rings. The molecule has 1 fully saturated rings. The summed E-state index contributed by atoms with van der Waals surface area (Å²) >= 11 is 0. The van der Waals surface area contributed by atoms with Gasteiger partial charge in [0.1, 0.15) is 23.2 Å². The van der Waals surface area contributed by atoms with E-state index in [1.165, 1.54) is 7.11 Å². The highest BCUT2D eigenvalue weighted by Gasteiger charge is 2.45. The molecular formula is C26H47N3O6. The maximum Gasteiger partial charge on any atom is 0.408 e. The van der Waals surface area contributed by atoms with Crippen LogP contribution in [-0.4, -0.2) is 54.2 Å². The van der Waals surface area contributed by atoms with Gasteiger partial charge in [-0.3, -0.25) is 9.59 Å². The fourth-order valence-electron chi connectivity index (χ4n) is 4.55. The zero-order chi connectivity index (χ0) is 27.0. The number of amides is 3. The Balaban J connectivity index is 3.08. The van der Waals surface area contributed by atoms with Crippen LogP contribution in [-0.2, 0) is 23.9 Å². The molecule has 1 saturated carbocycles. The average molecular weight is 498 g/mol. The van der Waals surface area contributed by atoms with Crippen molar-refractivity contribution in [3.05, 3.63) is 0 Å². The molecule has 9 nitrogen and oxygen atoms in total. The van der Waals surface area contributed by atoms with Crippen LogP contribution in [0.15, 0.2) is 0 Å². The van der Waals surface area contributed by atoms with Crippen LogP contribution < -0.4 is 16.0 Å². The Bertz CT molecular complexity index is 746. The summed E-state index contributed by atoms with van der Waals surface area (Å²) in [6.07, 6.45) is 2.83. The lowest BCUT2D eigenvalue weighted by Crippen LogP contribution is -2.62. The summed E-state index contributed by atoms with van der Waals surface area (Å²) in [5.41, 5.74) is -1.81.